The van der Waals surface area contributed by atoms with Gasteiger partial charge < -0.3 is 10.6 Å². The summed E-state index contributed by atoms with van der Waals surface area (Å²) in [6, 6.07) is 0. The van der Waals surface area contributed by atoms with Crippen molar-refractivity contribution in [3.63, 3.8) is 0 Å². The minimum atomic E-state index is 0.819. The fourth-order valence-corrected chi connectivity index (χ4v) is 2.95. The van der Waals surface area contributed by atoms with E-state index in [1.165, 1.54) is 43.4 Å². The van der Waals surface area contributed by atoms with E-state index in [1.54, 1.807) is 0 Å². The first-order valence-electron chi connectivity index (χ1n) is 7.21. The van der Waals surface area contributed by atoms with E-state index >= 15 is 0 Å². The van der Waals surface area contributed by atoms with Gasteiger partial charge in [-0.15, -0.1) is 0 Å². The highest BCUT2D eigenvalue weighted by molar-refractivity contribution is 5.30. The van der Waals surface area contributed by atoms with Crippen LogP contribution in [0.15, 0.2) is 6.20 Å². The maximum Gasteiger partial charge on any atom is 0.222 e. The van der Waals surface area contributed by atoms with Gasteiger partial charge in [0.15, 0.2) is 0 Å². The van der Waals surface area contributed by atoms with Crippen LogP contribution in [-0.2, 0) is 13.0 Å². The first-order valence-corrected chi connectivity index (χ1v) is 7.21. The van der Waals surface area contributed by atoms with Gasteiger partial charge in [-0.25, -0.2) is 9.97 Å². The Labute approximate surface area is 109 Å². The van der Waals surface area contributed by atoms with Gasteiger partial charge in [-0.2, -0.15) is 0 Å². The summed E-state index contributed by atoms with van der Waals surface area (Å²) in [6.07, 6.45) is 9.92. The Morgan fingerprint density at radius 2 is 2.17 bits per heavy atom. The normalized spacial score (nSPS) is 20.4. The highest BCUT2D eigenvalue weighted by atomic mass is 15.1. The second-order valence-corrected chi connectivity index (χ2v) is 5.48. The summed E-state index contributed by atoms with van der Waals surface area (Å²) in [5.74, 6) is 1.64. The monoisotopic (exact) mass is 246 g/mol. The molecule has 0 spiro atoms. The van der Waals surface area contributed by atoms with Crippen molar-refractivity contribution in [2.45, 2.75) is 45.1 Å². The lowest BCUT2D eigenvalue weighted by Gasteiger charge is -2.22. The summed E-state index contributed by atoms with van der Waals surface area (Å²) >= 11 is 0. The third-order valence-corrected chi connectivity index (χ3v) is 4.08. The smallest absolute Gasteiger partial charge is 0.222 e. The van der Waals surface area contributed by atoms with Crippen LogP contribution in [0.25, 0.3) is 0 Å². The average molecular weight is 246 g/mol. The summed E-state index contributed by atoms with van der Waals surface area (Å²) in [7, 11) is 0. The zero-order valence-electron chi connectivity index (χ0n) is 10.9. The van der Waals surface area contributed by atoms with E-state index in [-0.39, 0.29) is 0 Å². The SMILES string of the molecule is c1nc(NCC2CCCCC2)nc2c1CNCC2. The molecule has 4 nitrogen and oxygen atoms in total. The Morgan fingerprint density at radius 3 is 3.06 bits per heavy atom. The molecule has 3 rings (SSSR count). The summed E-state index contributed by atoms with van der Waals surface area (Å²) in [5.41, 5.74) is 2.47. The minimum Gasteiger partial charge on any atom is -0.354 e. The molecule has 0 unspecified atom stereocenters. The standard InChI is InChI=1S/C14H22N4/c1-2-4-11(5-3-1)8-16-14-17-10-12-9-15-7-6-13(12)18-14/h10-11,15H,1-9H2,(H,16,17,18). The Balaban J connectivity index is 1.58. The van der Waals surface area contributed by atoms with E-state index in [1.807, 2.05) is 6.20 Å². The van der Waals surface area contributed by atoms with E-state index in [2.05, 4.69) is 20.6 Å². The molecule has 2 N–H and O–H groups in total. The van der Waals surface area contributed by atoms with Crippen molar-refractivity contribution in [3.8, 4) is 0 Å². The van der Waals surface area contributed by atoms with Crippen molar-refractivity contribution in [1.82, 2.24) is 15.3 Å². The summed E-state index contributed by atoms with van der Waals surface area (Å²) in [5, 5.41) is 6.77. The Kier molecular flexibility index (Phi) is 3.74. The van der Waals surface area contributed by atoms with Crippen LogP contribution in [0.3, 0.4) is 0 Å². The number of nitrogens with zero attached hydrogens (tertiary/aromatic N) is 2. The third kappa shape index (κ3) is 2.80. The van der Waals surface area contributed by atoms with E-state index in [0.29, 0.717) is 0 Å². The first-order chi connectivity index (χ1) is 8.92. The molecule has 2 aliphatic rings. The van der Waals surface area contributed by atoms with Gasteiger partial charge in [0.1, 0.15) is 0 Å². The molecule has 1 aromatic heterocycles. The van der Waals surface area contributed by atoms with Gasteiger partial charge in [0.25, 0.3) is 0 Å². The molecule has 0 bridgehead atoms. The van der Waals surface area contributed by atoms with E-state index in [4.69, 9.17) is 0 Å². The van der Waals surface area contributed by atoms with Gasteiger partial charge in [0.05, 0.1) is 5.69 Å². The van der Waals surface area contributed by atoms with Crippen LogP contribution in [0.5, 0.6) is 0 Å². The topological polar surface area (TPSA) is 49.8 Å². The van der Waals surface area contributed by atoms with Crippen LogP contribution in [0.4, 0.5) is 5.95 Å². The molecule has 1 saturated carbocycles. The number of aromatic nitrogens is 2. The molecule has 0 radical (unpaired) electrons. The maximum atomic E-state index is 4.64. The fourth-order valence-electron chi connectivity index (χ4n) is 2.95. The van der Waals surface area contributed by atoms with Crippen molar-refractivity contribution in [2.24, 2.45) is 5.92 Å². The lowest BCUT2D eigenvalue weighted by atomic mass is 9.89. The molecule has 4 heteroatoms. The zero-order chi connectivity index (χ0) is 12.2. The largest absolute Gasteiger partial charge is 0.354 e. The van der Waals surface area contributed by atoms with Gasteiger partial charge in [0.2, 0.25) is 5.95 Å². The highest BCUT2D eigenvalue weighted by Crippen LogP contribution is 2.23. The van der Waals surface area contributed by atoms with E-state index in [9.17, 15) is 0 Å². The summed E-state index contributed by atoms with van der Waals surface area (Å²) in [6.45, 7) is 2.99. The second kappa shape index (κ2) is 5.65. The molecule has 2 heterocycles. The number of rotatable bonds is 3. The van der Waals surface area contributed by atoms with Gasteiger partial charge in [-0.1, -0.05) is 19.3 Å². The molecule has 1 fully saturated rings. The highest BCUT2D eigenvalue weighted by Gasteiger charge is 2.15. The summed E-state index contributed by atoms with van der Waals surface area (Å²) < 4.78 is 0. The molecule has 0 amide bonds. The maximum absolute atomic E-state index is 4.64. The number of anilines is 1. The van der Waals surface area contributed by atoms with Crippen LogP contribution in [0.1, 0.15) is 43.4 Å². The van der Waals surface area contributed by atoms with Gasteiger partial charge in [0, 0.05) is 37.8 Å². The zero-order valence-corrected chi connectivity index (χ0v) is 10.9. The van der Waals surface area contributed by atoms with Crippen molar-refractivity contribution in [2.75, 3.05) is 18.4 Å². The van der Waals surface area contributed by atoms with E-state index in [0.717, 1.165) is 37.9 Å². The molecule has 1 aliphatic heterocycles. The Hall–Kier alpha value is -1.16. The number of nitrogens with one attached hydrogen (secondary N) is 2. The van der Waals surface area contributed by atoms with Crippen LogP contribution < -0.4 is 10.6 Å². The average Bonchev–Trinajstić information content (AvgIpc) is 2.46. The van der Waals surface area contributed by atoms with Crippen molar-refractivity contribution in [3.05, 3.63) is 17.5 Å². The fraction of sp³-hybridized carbons (Fsp3) is 0.714. The number of hydrogen-bond acceptors (Lipinski definition) is 4. The molecule has 0 aromatic carbocycles. The van der Waals surface area contributed by atoms with Crippen LogP contribution in [0, 0.1) is 5.92 Å². The molecule has 1 aliphatic carbocycles. The lowest BCUT2D eigenvalue weighted by molar-refractivity contribution is 0.373. The van der Waals surface area contributed by atoms with Crippen molar-refractivity contribution >= 4 is 5.95 Å². The predicted molar refractivity (Wildman–Crippen MR) is 72.5 cm³/mol. The molecule has 98 valence electrons. The van der Waals surface area contributed by atoms with Gasteiger partial charge >= 0.3 is 0 Å². The molecular weight excluding hydrogens is 224 g/mol. The first kappa shape index (κ1) is 11.9. The lowest BCUT2D eigenvalue weighted by Crippen LogP contribution is -2.25. The molecule has 18 heavy (non-hydrogen) atoms. The Morgan fingerprint density at radius 1 is 1.28 bits per heavy atom. The van der Waals surface area contributed by atoms with Gasteiger partial charge in [-0.3, -0.25) is 0 Å². The minimum absolute atomic E-state index is 0.819. The predicted octanol–water partition coefficient (Wildman–Crippen LogP) is 2.11. The summed E-state index contributed by atoms with van der Waals surface area (Å²) in [4.78, 5) is 9.05. The second-order valence-electron chi connectivity index (χ2n) is 5.48. The van der Waals surface area contributed by atoms with Gasteiger partial charge in [-0.05, 0) is 18.8 Å². The molecule has 0 atom stereocenters. The number of fused-ring (bicyclic) bond motifs is 1. The van der Waals surface area contributed by atoms with Crippen LogP contribution >= 0.6 is 0 Å². The number of hydrogen-bond donors (Lipinski definition) is 2. The molecular formula is C14H22N4. The Bertz CT molecular complexity index is 399. The van der Waals surface area contributed by atoms with Crippen molar-refractivity contribution < 1.29 is 0 Å². The molecule has 0 saturated heterocycles. The van der Waals surface area contributed by atoms with Crippen molar-refractivity contribution in [1.29, 1.82) is 0 Å². The van der Waals surface area contributed by atoms with Crippen LogP contribution in [0.2, 0.25) is 0 Å². The molecule has 1 aromatic rings. The quantitative estimate of drug-likeness (QED) is 0.857. The third-order valence-electron chi connectivity index (χ3n) is 4.08. The van der Waals surface area contributed by atoms with E-state index < -0.39 is 0 Å². The van der Waals surface area contributed by atoms with Crippen LogP contribution in [-0.4, -0.2) is 23.1 Å².